The highest BCUT2D eigenvalue weighted by atomic mass is 32.2. The van der Waals surface area contributed by atoms with Crippen LogP contribution in [0.3, 0.4) is 0 Å². The molecule has 0 spiro atoms. The van der Waals surface area contributed by atoms with Crippen LogP contribution in [0.15, 0.2) is 0 Å². The van der Waals surface area contributed by atoms with E-state index in [0.29, 0.717) is 19.1 Å². The minimum absolute atomic E-state index is 0.304. The number of unbranched alkanes of at least 4 members (excludes halogenated alkanes) is 1. The predicted molar refractivity (Wildman–Crippen MR) is 74.7 cm³/mol. The van der Waals surface area contributed by atoms with Crippen molar-refractivity contribution >= 4 is 10.2 Å². The summed E-state index contributed by atoms with van der Waals surface area (Å²) in [5.41, 5.74) is 0. The van der Waals surface area contributed by atoms with Gasteiger partial charge >= 0.3 is 0 Å². The van der Waals surface area contributed by atoms with Crippen molar-refractivity contribution in [2.24, 2.45) is 0 Å². The summed E-state index contributed by atoms with van der Waals surface area (Å²) < 4.78 is 27.4. The van der Waals surface area contributed by atoms with Gasteiger partial charge in [-0.3, -0.25) is 0 Å². The molecular weight excluding hydrogens is 250 g/mol. The molecule has 0 aromatic heterocycles. The number of piperidine rings is 1. The van der Waals surface area contributed by atoms with Crippen LogP contribution < -0.4 is 5.32 Å². The zero-order valence-corrected chi connectivity index (χ0v) is 12.7. The van der Waals surface area contributed by atoms with Crippen LogP contribution in [0, 0.1) is 0 Å². The van der Waals surface area contributed by atoms with Crippen molar-refractivity contribution in [3.05, 3.63) is 0 Å². The van der Waals surface area contributed by atoms with Crippen molar-refractivity contribution in [3.8, 4) is 0 Å². The van der Waals surface area contributed by atoms with Gasteiger partial charge in [0.05, 0.1) is 0 Å². The van der Waals surface area contributed by atoms with E-state index in [9.17, 15) is 8.42 Å². The van der Waals surface area contributed by atoms with Gasteiger partial charge in [-0.05, 0) is 25.8 Å². The topological polar surface area (TPSA) is 52.7 Å². The van der Waals surface area contributed by atoms with Gasteiger partial charge in [0.25, 0.3) is 10.2 Å². The number of hydrogen-bond acceptors (Lipinski definition) is 3. The normalized spacial score (nSPS) is 21.7. The Labute approximate surface area is 112 Å². The van der Waals surface area contributed by atoms with Gasteiger partial charge < -0.3 is 5.32 Å². The lowest BCUT2D eigenvalue weighted by molar-refractivity contribution is 0.319. The molecule has 0 aromatic rings. The van der Waals surface area contributed by atoms with Gasteiger partial charge in [-0.15, -0.1) is 0 Å². The highest BCUT2D eigenvalue weighted by molar-refractivity contribution is 7.86. The molecule has 5 nitrogen and oxygen atoms in total. The molecule has 1 fully saturated rings. The first kappa shape index (κ1) is 15.9. The fourth-order valence-electron chi connectivity index (χ4n) is 2.22. The Morgan fingerprint density at radius 3 is 2.50 bits per heavy atom. The molecule has 1 aliphatic rings. The molecule has 0 amide bonds. The average Bonchev–Trinajstić information content (AvgIpc) is 2.36. The summed E-state index contributed by atoms with van der Waals surface area (Å²) in [6.45, 7) is 4.24. The lowest BCUT2D eigenvalue weighted by Gasteiger charge is -2.30. The summed E-state index contributed by atoms with van der Waals surface area (Å²) in [7, 11) is 0.0532. The molecule has 0 aromatic carbocycles. The highest BCUT2D eigenvalue weighted by Crippen LogP contribution is 2.11. The molecule has 1 saturated heterocycles. The van der Waals surface area contributed by atoms with Crippen LogP contribution in [0.25, 0.3) is 0 Å². The SMILES string of the molecule is CCCCN(C)S(=O)(=O)N(C)CC1CCCCN1. The fraction of sp³-hybridized carbons (Fsp3) is 1.00. The number of rotatable bonds is 7. The van der Waals surface area contributed by atoms with Crippen LogP contribution in [0.5, 0.6) is 0 Å². The van der Waals surface area contributed by atoms with E-state index in [4.69, 9.17) is 0 Å². The van der Waals surface area contributed by atoms with Gasteiger partial charge in [0.15, 0.2) is 0 Å². The van der Waals surface area contributed by atoms with E-state index in [1.54, 1.807) is 14.1 Å². The Kier molecular flexibility index (Phi) is 6.55. The first-order valence-electron chi connectivity index (χ1n) is 6.89. The van der Waals surface area contributed by atoms with Crippen molar-refractivity contribution in [1.82, 2.24) is 13.9 Å². The quantitative estimate of drug-likeness (QED) is 0.756. The molecular formula is C12H27N3O2S. The predicted octanol–water partition coefficient (Wildman–Crippen LogP) is 1.04. The van der Waals surface area contributed by atoms with E-state index < -0.39 is 10.2 Å². The summed E-state index contributed by atoms with van der Waals surface area (Å²) in [6.07, 6.45) is 5.37. The molecule has 0 bridgehead atoms. The molecule has 0 aliphatic carbocycles. The zero-order chi connectivity index (χ0) is 13.6. The van der Waals surface area contributed by atoms with E-state index in [0.717, 1.165) is 25.8 Å². The second-order valence-corrected chi connectivity index (χ2v) is 7.25. The summed E-state index contributed by atoms with van der Waals surface area (Å²) in [6, 6.07) is 0.304. The summed E-state index contributed by atoms with van der Waals surface area (Å²) in [4.78, 5) is 0. The van der Waals surface area contributed by atoms with Gasteiger partial charge in [0.1, 0.15) is 0 Å². The molecule has 18 heavy (non-hydrogen) atoms. The maximum atomic E-state index is 12.2. The van der Waals surface area contributed by atoms with E-state index in [1.807, 2.05) is 0 Å². The van der Waals surface area contributed by atoms with Crippen LogP contribution in [0.4, 0.5) is 0 Å². The Bertz CT molecular complexity index is 326. The first-order chi connectivity index (χ1) is 8.48. The molecule has 1 aliphatic heterocycles. The van der Waals surface area contributed by atoms with Gasteiger partial charge in [-0.2, -0.15) is 17.0 Å². The van der Waals surface area contributed by atoms with Gasteiger partial charge in [0, 0.05) is 33.2 Å². The van der Waals surface area contributed by atoms with Crippen LogP contribution in [-0.4, -0.2) is 56.8 Å². The van der Waals surface area contributed by atoms with Crippen molar-refractivity contribution in [2.45, 2.75) is 45.1 Å². The maximum Gasteiger partial charge on any atom is 0.281 e. The Hall–Kier alpha value is -0.170. The Morgan fingerprint density at radius 1 is 1.22 bits per heavy atom. The number of nitrogens with one attached hydrogen (secondary N) is 1. The highest BCUT2D eigenvalue weighted by Gasteiger charge is 2.26. The summed E-state index contributed by atoms with van der Waals surface area (Å²) >= 11 is 0. The molecule has 6 heteroatoms. The molecule has 1 rings (SSSR count). The molecule has 108 valence electrons. The lowest BCUT2D eigenvalue weighted by atomic mass is 10.1. The van der Waals surface area contributed by atoms with Crippen molar-refractivity contribution in [1.29, 1.82) is 0 Å². The van der Waals surface area contributed by atoms with Gasteiger partial charge in [-0.25, -0.2) is 0 Å². The number of likely N-dealkylation sites (N-methyl/N-ethyl adjacent to an activating group) is 1. The first-order valence-corrected chi connectivity index (χ1v) is 8.29. The van der Waals surface area contributed by atoms with Gasteiger partial charge in [-0.1, -0.05) is 19.8 Å². The van der Waals surface area contributed by atoms with Crippen LogP contribution in [0.2, 0.25) is 0 Å². The summed E-state index contributed by atoms with van der Waals surface area (Å²) in [5, 5.41) is 3.38. The molecule has 1 N–H and O–H groups in total. The molecule has 1 atom stereocenters. The number of nitrogens with zero attached hydrogens (tertiary/aromatic N) is 2. The second kappa shape index (κ2) is 7.43. The van der Waals surface area contributed by atoms with E-state index in [2.05, 4.69) is 12.2 Å². The van der Waals surface area contributed by atoms with Crippen molar-refractivity contribution in [3.63, 3.8) is 0 Å². The smallest absolute Gasteiger partial charge is 0.281 e. The third-order valence-corrected chi connectivity index (χ3v) is 5.41. The van der Waals surface area contributed by atoms with Crippen LogP contribution >= 0.6 is 0 Å². The van der Waals surface area contributed by atoms with E-state index >= 15 is 0 Å². The third-order valence-electron chi connectivity index (χ3n) is 3.50. The van der Waals surface area contributed by atoms with Gasteiger partial charge in [0.2, 0.25) is 0 Å². The largest absolute Gasteiger partial charge is 0.313 e. The zero-order valence-electron chi connectivity index (χ0n) is 11.9. The maximum absolute atomic E-state index is 12.2. The molecule has 0 radical (unpaired) electrons. The lowest BCUT2D eigenvalue weighted by Crippen LogP contribution is -2.48. The minimum atomic E-state index is -3.28. The third kappa shape index (κ3) is 4.50. The van der Waals surface area contributed by atoms with E-state index in [1.165, 1.54) is 21.5 Å². The Morgan fingerprint density at radius 2 is 1.94 bits per heavy atom. The fourth-order valence-corrected chi connectivity index (χ4v) is 3.42. The standard InChI is InChI=1S/C12H27N3O2S/c1-4-5-10-14(2)18(16,17)15(3)11-12-8-6-7-9-13-12/h12-13H,4-11H2,1-3H3. The molecule has 1 unspecified atom stereocenters. The van der Waals surface area contributed by atoms with Crippen LogP contribution in [0.1, 0.15) is 39.0 Å². The molecule has 0 saturated carbocycles. The van der Waals surface area contributed by atoms with E-state index in [-0.39, 0.29) is 0 Å². The molecule has 1 heterocycles. The monoisotopic (exact) mass is 277 g/mol. The average molecular weight is 277 g/mol. The summed E-state index contributed by atoms with van der Waals surface area (Å²) in [5.74, 6) is 0. The Balaban J connectivity index is 2.49. The van der Waals surface area contributed by atoms with Crippen molar-refractivity contribution < 1.29 is 8.42 Å². The van der Waals surface area contributed by atoms with Crippen molar-refractivity contribution in [2.75, 3.05) is 33.7 Å². The minimum Gasteiger partial charge on any atom is -0.313 e. The second-order valence-electron chi connectivity index (χ2n) is 5.11. The van der Waals surface area contributed by atoms with Crippen LogP contribution in [-0.2, 0) is 10.2 Å². The number of hydrogen-bond donors (Lipinski definition) is 1.